The van der Waals surface area contributed by atoms with Crippen LogP contribution in [0.15, 0.2) is 0 Å². The number of Topliss-reactive ketones (excluding diaryl/α,β-unsaturated/α-hetero) is 3. The summed E-state index contributed by atoms with van der Waals surface area (Å²) in [5.41, 5.74) is 0. The van der Waals surface area contributed by atoms with E-state index in [-0.39, 0.29) is 62.3 Å². The molecule has 7 heteroatoms. The van der Waals surface area contributed by atoms with Gasteiger partial charge in [-0.1, -0.05) is 0 Å². The third-order valence-electron chi connectivity index (χ3n) is 2.97. The van der Waals surface area contributed by atoms with Crippen molar-refractivity contribution in [1.29, 1.82) is 0 Å². The fourth-order valence-electron chi connectivity index (χ4n) is 1.71. The Bertz CT molecular complexity index is 425. The van der Waals surface area contributed by atoms with Gasteiger partial charge in [-0.25, -0.2) is 0 Å². The molecule has 118 valence electrons. The van der Waals surface area contributed by atoms with Crippen molar-refractivity contribution in [3.05, 3.63) is 0 Å². The Hall–Kier alpha value is -2.05. The zero-order valence-electron chi connectivity index (χ0n) is 12.0. The quantitative estimate of drug-likeness (QED) is 0.555. The van der Waals surface area contributed by atoms with E-state index in [0.717, 1.165) is 0 Å². The molecule has 21 heavy (non-hydrogen) atoms. The predicted octanol–water partition coefficient (Wildman–Crippen LogP) is 1.23. The Balaban J connectivity index is 4.14. The maximum Gasteiger partial charge on any atom is 0.306 e. The van der Waals surface area contributed by atoms with Gasteiger partial charge < -0.3 is 15.0 Å². The molecule has 0 fully saturated rings. The third kappa shape index (κ3) is 10.4. The first-order valence-corrected chi connectivity index (χ1v) is 6.69. The van der Waals surface area contributed by atoms with E-state index >= 15 is 0 Å². The van der Waals surface area contributed by atoms with Crippen LogP contribution in [-0.2, 0) is 24.0 Å². The standard InChI is InChI=1S/C14H20O7/c1-9(15)2-4-11(16)5-6-12(17)8-10(14(20)21)3-7-13(18)19/h10H,2-8H2,1H3,(H,18,19)(H,20,21)/t10-/m0/s1. The van der Waals surface area contributed by atoms with E-state index in [2.05, 4.69) is 0 Å². The van der Waals surface area contributed by atoms with Crippen LogP contribution in [0.3, 0.4) is 0 Å². The molecule has 0 aromatic heterocycles. The molecule has 7 nitrogen and oxygen atoms in total. The van der Waals surface area contributed by atoms with Gasteiger partial charge in [0.2, 0.25) is 0 Å². The van der Waals surface area contributed by atoms with Crippen LogP contribution in [0.2, 0.25) is 0 Å². The van der Waals surface area contributed by atoms with E-state index < -0.39 is 17.9 Å². The Labute approximate surface area is 122 Å². The second-order valence-electron chi connectivity index (χ2n) is 4.95. The van der Waals surface area contributed by atoms with Gasteiger partial charge in [0.15, 0.2) is 0 Å². The van der Waals surface area contributed by atoms with E-state index in [1.54, 1.807) is 0 Å². The van der Waals surface area contributed by atoms with Gasteiger partial charge in [0.25, 0.3) is 0 Å². The minimum Gasteiger partial charge on any atom is -0.481 e. The summed E-state index contributed by atoms with van der Waals surface area (Å²) in [6.45, 7) is 1.37. The number of ketones is 3. The number of carbonyl (C=O) groups is 5. The second-order valence-corrected chi connectivity index (χ2v) is 4.95. The number of hydrogen-bond acceptors (Lipinski definition) is 5. The summed E-state index contributed by atoms with van der Waals surface area (Å²) in [4.78, 5) is 55.0. The maximum absolute atomic E-state index is 11.6. The Morgan fingerprint density at radius 1 is 0.810 bits per heavy atom. The van der Waals surface area contributed by atoms with E-state index in [1.165, 1.54) is 6.92 Å². The molecule has 0 heterocycles. The molecule has 0 saturated heterocycles. The van der Waals surface area contributed by atoms with Crippen molar-refractivity contribution >= 4 is 29.3 Å². The fourth-order valence-corrected chi connectivity index (χ4v) is 1.71. The van der Waals surface area contributed by atoms with Crippen molar-refractivity contribution in [2.45, 2.75) is 51.9 Å². The van der Waals surface area contributed by atoms with Crippen LogP contribution in [0, 0.1) is 5.92 Å². The minimum absolute atomic E-state index is 0.0165. The van der Waals surface area contributed by atoms with Crippen LogP contribution >= 0.6 is 0 Å². The lowest BCUT2D eigenvalue weighted by Crippen LogP contribution is -2.19. The van der Waals surface area contributed by atoms with Gasteiger partial charge in [-0.05, 0) is 13.3 Å². The summed E-state index contributed by atoms with van der Waals surface area (Å²) in [7, 11) is 0. The van der Waals surface area contributed by atoms with Crippen molar-refractivity contribution in [1.82, 2.24) is 0 Å². The summed E-state index contributed by atoms with van der Waals surface area (Å²) in [5, 5.41) is 17.4. The van der Waals surface area contributed by atoms with Crippen LogP contribution in [0.1, 0.15) is 51.9 Å². The highest BCUT2D eigenvalue weighted by Gasteiger charge is 2.22. The van der Waals surface area contributed by atoms with Crippen molar-refractivity contribution in [2.75, 3.05) is 0 Å². The Kier molecular flexibility index (Phi) is 8.84. The van der Waals surface area contributed by atoms with Crippen LogP contribution in [-0.4, -0.2) is 39.5 Å². The van der Waals surface area contributed by atoms with Crippen molar-refractivity contribution in [3.8, 4) is 0 Å². The predicted molar refractivity (Wildman–Crippen MR) is 71.8 cm³/mol. The Morgan fingerprint density at radius 3 is 1.81 bits per heavy atom. The number of carbonyl (C=O) groups excluding carboxylic acids is 3. The average molecular weight is 300 g/mol. The first-order valence-electron chi connectivity index (χ1n) is 6.69. The van der Waals surface area contributed by atoms with Crippen molar-refractivity contribution in [3.63, 3.8) is 0 Å². The zero-order chi connectivity index (χ0) is 16.4. The van der Waals surface area contributed by atoms with Crippen molar-refractivity contribution < 1.29 is 34.2 Å². The van der Waals surface area contributed by atoms with Gasteiger partial charge in [0.05, 0.1) is 5.92 Å². The summed E-state index contributed by atoms with van der Waals surface area (Å²) in [6, 6.07) is 0. The average Bonchev–Trinajstić information content (AvgIpc) is 2.38. The fraction of sp³-hybridized carbons (Fsp3) is 0.643. The molecule has 0 aliphatic carbocycles. The highest BCUT2D eigenvalue weighted by atomic mass is 16.4. The molecule has 0 saturated carbocycles. The minimum atomic E-state index is -1.22. The van der Waals surface area contributed by atoms with Crippen LogP contribution in [0.4, 0.5) is 0 Å². The number of aliphatic carboxylic acids is 2. The lowest BCUT2D eigenvalue weighted by atomic mass is 9.94. The largest absolute Gasteiger partial charge is 0.481 e. The summed E-state index contributed by atoms with van der Waals surface area (Å²) in [5.74, 6) is -4.07. The molecule has 0 amide bonds. The normalized spacial score (nSPS) is 11.7. The van der Waals surface area contributed by atoms with E-state index in [9.17, 15) is 24.0 Å². The monoisotopic (exact) mass is 300 g/mol. The SMILES string of the molecule is CC(=O)CCC(=O)CCC(=O)C[C@H](CCC(=O)O)C(=O)O. The molecule has 0 aromatic rings. The molecular weight excluding hydrogens is 280 g/mol. The Morgan fingerprint density at radius 2 is 1.33 bits per heavy atom. The molecule has 0 rings (SSSR count). The lowest BCUT2D eigenvalue weighted by molar-refractivity contribution is -0.145. The van der Waals surface area contributed by atoms with Gasteiger partial charge in [0, 0.05) is 38.5 Å². The molecule has 0 aliphatic rings. The van der Waals surface area contributed by atoms with Gasteiger partial charge >= 0.3 is 11.9 Å². The molecule has 0 aromatic carbocycles. The van der Waals surface area contributed by atoms with Crippen molar-refractivity contribution in [2.24, 2.45) is 5.92 Å². The molecule has 0 unspecified atom stereocenters. The topological polar surface area (TPSA) is 126 Å². The summed E-state index contributed by atoms with van der Waals surface area (Å²) >= 11 is 0. The van der Waals surface area contributed by atoms with E-state index in [0.29, 0.717) is 0 Å². The number of hydrogen-bond donors (Lipinski definition) is 2. The van der Waals surface area contributed by atoms with Gasteiger partial charge in [-0.3, -0.25) is 19.2 Å². The molecule has 1 atom stereocenters. The van der Waals surface area contributed by atoms with E-state index in [4.69, 9.17) is 10.2 Å². The third-order valence-corrected chi connectivity index (χ3v) is 2.97. The smallest absolute Gasteiger partial charge is 0.306 e. The number of carboxylic acids is 2. The van der Waals surface area contributed by atoms with Gasteiger partial charge in [-0.2, -0.15) is 0 Å². The second kappa shape index (κ2) is 9.79. The van der Waals surface area contributed by atoms with Gasteiger partial charge in [0.1, 0.15) is 17.3 Å². The van der Waals surface area contributed by atoms with Gasteiger partial charge in [-0.15, -0.1) is 0 Å². The first-order chi connectivity index (χ1) is 9.72. The molecular formula is C14H20O7. The highest BCUT2D eigenvalue weighted by molar-refractivity contribution is 5.89. The molecule has 2 N–H and O–H groups in total. The van der Waals surface area contributed by atoms with E-state index in [1.807, 2.05) is 0 Å². The molecule has 0 spiro atoms. The van der Waals surface area contributed by atoms with Crippen LogP contribution < -0.4 is 0 Å². The first kappa shape index (κ1) is 18.9. The van der Waals surface area contributed by atoms with Crippen LogP contribution in [0.25, 0.3) is 0 Å². The molecule has 0 radical (unpaired) electrons. The molecule has 0 bridgehead atoms. The summed E-state index contributed by atoms with van der Waals surface area (Å²) in [6.07, 6.45) is -0.572. The van der Waals surface area contributed by atoms with Crippen LogP contribution in [0.5, 0.6) is 0 Å². The maximum atomic E-state index is 11.6. The number of carboxylic acid groups (broad SMARTS) is 2. The molecule has 0 aliphatic heterocycles. The summed E-state index contributed by atoms with van der Waals surface area (Å²) < 4.78 is 0. The highest BCUT2D eigenvalue weighted by Crippen LogP contribution is 2.14. The lowest BCUT2D eigenvalue weighted by Gasteiger charge is -2.09. The zero-order valence-corrected chi connectivity index (χ0v) is 12.0. The number of rotatable bonds is 12.